The van der Waals surface area contributed by atoms with Gasteiger partial charge >= 0.3 is 0 Å². The van der Waals surface area contributed by atoms with Crippen LogP contribution >= 0.6 is 0 Å². The molecule has 0 aromatic carbocycles. The summed E-state index contributed by atoms with van der Waals surface area (Å²) in [6, 6.07) is 5.93. The lowest BCUT2D eigenvalue weighted by molar-refractivity contribution is 0.422. The molecule has 23 heavy (non-hydrogen) atoms. The average molecular weight is 310 g/mol. The molecule has 6 nitrogen and oxygen atoms in total. The Bertz CT molecular complexity index is 717. The van der Waals surface area contributed by atoms with Crippen LogP contribution in [-0.4, -0.2) is 31.1 Å². The van der Waals surface area contributed by atoms with E-state index < -0.39 is 0 Å². The summed E-state index contributed by atoms with van der Waals surface area (Å²) in [5, 5.41) is 12.3. The SMILES string of the molecule is C[C@@H](CNCc1cn(C)nc1-c1cccnc1)Cn1cccn1. The highest BCUT2D eigenvalue weighted by Gasteiger charge is 2.10. The average Bonchev–Trinajstić information content (AvgIpc) is 3.18. The molecule has 120 valence electrons. The van der Waals surface area contributed by atoms with Crippen molar-refractivity contribution < 1.29 is 0 Å². The zero-order chi connectivity index (χ0) is 16.1. The predicted octanol–water partition coefficient (Wildman–Crippen LogP) is 2.10. The summed E-state index contributed by atoms with van der Waals surface area (Å²) in [6.07, 6.45) is 9.51. The minimum absolute atomic E-state index is 0.508. The highest BCUT2D eigenvalue weighted by atomic mass is 15.3. The molecule has 0 saturated heterocycles. The maximum absolute atomic E-state index is 4.56. The summed E-state index contributed by atoms with van der Waals surface area (Å²) in [7, 11) is 1.95. The summed E-state index contributed by atoms with van der Waals surface area (Å²) in [5.41, 5.74) is 3.23. The third-order valence-corrected chi connectivity index (χ3v) is 3.71. The van der Waals surface area contributed by atoms with Crippen LogP contribution in [0.5, 0.6) is 0 Å². The van der Waals surface area contributed by atoms with Gasteiger partial charge in [-0.2, -0.15) is 10.2 Å². The maximum Gasteiger partial charge on any atom is 0.0983 e. The second-order valence-electron chi connectivity index (χ2n) is 5.88. The number of pyridine rings is 1. The molecule has 3 aromatic heterocycles. The first kappa shape index (κ1) is 15.4. The topological polar surface area (TPSA) is 60.6 Å². The van der Waals surface area contributed by atoms with E-state index in [2.05, 4.69) is 33.6 Å². The molecule has 1 atom stereocenters. The normalized spacial score (nSPS) is 12.4. The van der Waals surface area contributed by atoms with E-state index in [1.54, 1.807) is 6.20 Å². The lowest BCUT2D eigenvalue weighted by Gasteiger charge is -2.12. The van der Waals surface area contributed by atoms with Gasteiger partial charge in [-0.1, -0.05) is 6.92 Å². The molecule has 0 aliphatic heterocycles. The van der Waals surface area contributed by atoms with Gasteiger partial charge in [0.2, 0.25) is 0 Å². The van der Waals surface area contributed by atoms with Gasteiger partial charge < -0.3 is 5.32 Å². The van der Waals surface area contributed by atoms with E-state index in [0.717, 1.165) is 30.9 Å². The Morgan fingerprint density at radius 1 is 1.26 bits per heavy atom. The summed E-state index contributed by atoms with van der Waals surface area (Å²) in [5.74, 6) is 0.508. The van der Waals surface area contributed by atoms with Crippen molar-refractivity contribution in [1.82, 2.24) is 29.9 Å². The van der Waals surface area contributed by atoms with Crippen LogP contribution in [0.25, 0.3) is 11.3 Å². The van der Waals surface area contributed by atoms with E-state index in [4.69, 9.17) is 0 Å². The van der Waals surface area contributed by atoms with E-state index in [1.807, 2.05) is 53.2 Å². The molecule has 0 spiro atoms. The van der Waals surface area contributed by atoms with Crippen LogP contribution in [0.1, 0.15) is 12.5 Å². The van der Waals surface area contributed by atoms with Crippen molar-refractivity contribution in [2.75, 3.05) is 6.54 Å². The third-order valence-electron chi connectivity index (χ3n) is 3.71. The summed E-state index contributed by atoms with van der Waals surface area (Å²) in [6.45, 7) is 4.87. The molecule has 0 saturated carbocycles. The quantitative estimate of drug-likeness (QED) is 0.726. The highest BCUT2D eigenvalue weighted by Crippen LogP contribution is 2.20. The smallest absolute Gasteiger partial charge is 0.0983 e. The van der Waals surface area contributed by atoms with Crippen molar-refractivity contribution in [2.24, 2.45) is 13.0 Å². The van der Waals surface area contributed by atoms with Gasteiger partial charge in [0.05, 0.1) is 5.69 Å². The van der Waals surface area contributed by atoms with Crippen molar-refractivity contribution >= 4 is 0 Å². The standard InChI is InChI=1S/C17H22N6/c1-14(12-23-8-4-7-20-23)9-19-11-16-13-22(2)21-17(16)15-5-3-6-18-10-15/h3-8,10,13-14,19H,9,11-12H2,1-2H3/t14-/m0/s1. The lowest BCUT2D eigenvalue weighted by Crippen LogP contribution is -2.24. The lowest BCUT2D eigenvalue weighted by atomic mass is 10.1. The maximum atomic E-state index is 4.56. The molecule has 0 unspecified atom stereocenters. The van der Waals surface area contributed by atoms with Gasteiger partial charge in [-0.3, -0.25) is 14.3 Å². The molecule has 0 radical (unpaired) electrons. The number of nitrogens with one attached hydrogen (secondary N) is 1. The fourth-order valence-corrected chi connectivity index (χ4v) is 2.66. The first-order chi connectivity index (χ1) is 11.2. The second-order valence-corrected chi connectivity index (χ2v) is 5.88. The monoisotopic (exact) mass is 310 g/mol. The molecular formula is C17H22N6. The summed E-state index contributed by atoms with van der Waals surface area (Å²) >= 11 is 0. The van der Waals surface area contributed by atoms with Gasteiger partial charge in [0.15, 0.2) is 0 Å². The summed E-state index contributed by atoms with van der Waals surface area (Å²) < 4.78 is 3.82. The first-order valence-electron chi connectivity index (χ1n) is 7.83. The summed E-state index contributed by atoms with van der Waals surface area (Å²) in [4.78, 5) is 4.18. The molecule has 0 aliphatic rings. The van der Waals surface area contributed by atoms with Crippen LogP contribution in [0.15, 0.2) is 49.2 Å². The number of nitrogens with zero attached hydrogens (tertiary/aromatic N) is 5. The van der Waals surface area contributed by atoms with Crippen LogP contribution in [-0.2, 0) is 20.1 Å². The fourth-order valence-electron chi connectivity index (χ4n) is 2.66. The van der Waals surface area contributed by atoms with Gasteiger partial charge in [-0.15, -0.1) is 0 Å². The van der Waals surface area contributed by atoms with Gasteiger partial charge in [-0.05, 0) is 30.7 Å². The molecule has 0 amide bonds. The predicted molar refractivity (Wildman–Crippen MR) is 89.5 cm³/mol. The molecule has 6 heteroatoms. The molecule has 1 N–H and O–H groups in total. The zero-order valence-electron chi connectivity index (χ0n) is 13.6. The molecule has 3 rings (SSSR count). The molecule has 0 bridgehead atoms. The third kappa shape index (κ3) is 4.04. The number of hydrogen-bond acceptors (Lipinski definition) is 4. The minimum Gasteiger partial charge on any atom is -0.312 e. The van der Waals surface area contributed by atoms with E-state index in [-0.39, 0.29) is 0 Å². The van der Waals surface area contributed by atoms with Crippen LogP contribution in [0.4, 0.5) is 0 Å². The van der Waals surface area contributed by atoms with Gasteiger partial charge in [0.1, 0.15) is 0 Å². The zero-order valence-corrected chi connectivity index (χ0v) is 13.6. The Hall–Kier alpha value is -2.47. The van der Waals surface area contributed by atoms with E-state index in [1.165, 1.54) is 5.56 Å². The van der Waals surface area contributed by atoms with E-state index >= 15 is 0 Å². The Morgan fingerprint density at radius 3 is 2.91 bits per heavy atom. The largest absolute Gasteiger partial charge is 0.312 e. The highest BCUT2D eigenvalue weighted by molar-refractivity contribution is 5.61. The van der Waals surface area contributed by atoms with Gasteiger partial charge in [-0.25, -0.2) is 0 Å². The van der Waals surface area contributed by atoms with Crippen molar-refractivity contribution in [2.45, 2.75) is 20.0 Å². The van der Waals surface area contributed by atoms with Crippen LogP contribution < -0.4 is 5.32 Å². The van der Waals surface area contributed by atoms with Crippen LogP contribution in [0.2, 0.25) is 0 Å². The van der Waals surface area contributed by atoms with Crippen molar-refractivity contribution in [3.8, 4) is 11.3 Å². The first-order valence-corrected chi connectivity index (χ1v) is 7.83. The van der Waals surface area contributed by atoms with Crippen molar-refractivity contribution in [3.63, 3.8) is 0 Å². The Morgan fingerprint density at radius 2 is 2.17 bits per heavy atom. The Kier molecular flexibility index (Phi) is 4.83. The molecule has 3 aromatic rings. The van der Waals surface area contributed by atoms with Crippen molar-refractivity contribution in [3.05, 3.63) is 54.7 Å². The minimum atomic E-state index is 0.508. The number of hydrogen-bond donors (Lipinski definition) is 1. The Labute approximate surface area is 136 Å². The second kappa shape index (κ2) is 7.19. The Balaban J connectivity index is 1.58. The molecule has 0 fully saturated rings. The molecular weight excluding hydrogens is 288 g/mol. The molecule has 3 heterocycles. The molecule has 0 aliphatic carbocycles. The van der Waals surface area contributed by atoms with Crippen molar-refractivity contribution in [1.29, 1.82) is 0 Å². The number of rotatable bonds is 7. The van der Waals surface area contributed by atoms with Crippen LogP contribution in [0, 0.1) is 5.92 Å². The number of aryl methyl sites for hydroxylation is 1. The fraction of sp³-hybridized carbons (Fsp3) is 0.353. The van der Waals surface area contributed by atoms with E-state index in [0.29, 0.717) is 5.92 Å². The van der Waals surface area contributed by atoms with Crippen LogP contribution in [0.3, 0.4) is 0 Å². The van der Waals surface area contributed by atoms with Gasteiger partial charge in [0.25, 0.3) is 0 Å². The van der Waals surface area contributed by atoms with Gasteiger partial charge in [0, 0.05) is 62.2 Å². The number of aromatic nitrogens is 5. The van der Waals surface area contributed by atoms with E-state index in [9.17, 15) is 0 Å².